The molecule has 29 heavy (non-hydrogen) atoms. The summed E-state index contributed by atoms with van der Waals surface area (Å²) in [5.74, 6) is -1.03. The number of benzene rings is 1. The van der Waals surface area contributed by atoms with E-state index >= 15 is 0 Å². The Morgan fingerprint density at radius 1 is 1.14 bits per heavy atom. The molecule has 0 spiro atoms. The normalized spacial score (nSPS) is 20.6. The van der Waals surface area contributed by atoms with E-state index in [0.717, 1.165) is 38.5 Å². The van der Waals surface area contributed by atoms with Crippen LogP contribution >= 0.6 is 11.6 Å². The number of carbonyl (C=O) groups excluding carboxylic acids is 2. The number of hydrogen-bond donors (Lipinski definition) is 0. The van der Waals surface area contributed by atoms with Gasteiger partial charge in [-0.1, -0.05) is 18.5 Å². The molecule has 2 saturated heterocycles. The van der Waals surface area contributed by atoms with Crippen molar-refractivity contribution in [1.82, 2.24) is 9.21 Å². The van der Waals surface area contributed by atoms with Crippen molar-refractivity contribution in [2.24, 2.45) is 0 Å². The molecule has 160 valence electrons. The highest BCUT2D eigenvalue weighted by molar-refractivity contribution is 7.89. The summed E-state index contributed by atoms with van der Waals surface area (Å²) in [6, 6.07) is 4.17. The van der Waals surface area contributed by atoms with Crippen LogP contribution in [0.5, 0.6) is 0 Å². The molecule has 2 heterocycles. The van der Waals surface area contributed by atoms with Crippen LogP contribution in [0.1, 0.15) is 55.8 Å². The number of hydrogen-bond acceptors (Lipinski definition) is 5. The Morgan fingerprint density at radius 2 is 1.83 bits per heavy atom. The number of nitrogens with zero attached hydrogens (tertiary/aromatic N) is 2. The lowest BCUT2D eigenvalue weighted by molar-refractivity contribution is -0.138. The number of halogens is 1. The van der Waals surface area contributed by atoms with E-state index in [-0.39, 0.29) is 34.0 Å². The minimum Gasteiger partial charge on any atom is -0.452 e. The van der Waals surface area contributed by atoms with E-state index in [9.17, 15) is 18.0 Å². The van der Waals surface area contributed by atoms with Crippen LogP contribution in [0.3, 0.4) is 0 Å². The average Bonchev–Trinajstić information content (AvgIpc) is 3.27. The fourth-order valence-corrected chi connectivity index (χ4v) is 5.68. The number of likely N-dealkylation sites (tertiary alicyclic amines) is 1. The summed E-state index contributed by atoms with van der Waals surface area (Å²) < 4.78 is 32.1. The molecule has 2 aliphatic rings. The van der Waals surface area contributed by atoms with Gasteiger partial charge in [-0.3, -0.25) is 4.79 Å². The predicted molar refractivity (Wildman–Crippen MR) is 109 cm³/mol. The van der Waals surface area contributed by atoms with Crippen molar-refractivity contribution in [3.63, 3.8) is 0 Å². The van der Waals surface area contributed by atoms with Crippen LogP contribution in [0.25, 0.3) is 0 Å². The summed E-state index contributed by atoms with van der Waals surface area (Å²) in [6.45, 7) is 3.25. The summed E-state index contributed by atoms with van der Waals surface area (Å²) in [4.78, 5) is 26.8. The van der Waals surface area contributed by atoms with Crippen molar-refractivity contribution in [2.45, 2.75) is 56.4 Å². The molecule has 1 amide bonds. The monoisotopic (exact) mass is 442 g/mol. The Bertz CT molecular complexity index is 868. The molecule has 2 aliphatic heterocycles. The van der Waals surface area contributed by atoms with Crippen LogP contribution in [0, 0.1) is 0 Å². The molecule has 1 aromatic rings. The highest BCUT2D eigenvalue weighted by Crippen LogP contribution is 2.26. The summed E-state index contributed by atoms with van der Waals surface area (Å²) in [5.41, 5.74) is -0.0505. The third-order valence-electron chi connectivity index (χ3n) is 5.61. The van der Waals surface area contributed by atoms with E-state index in [1.54, 1.807) is 4.90 Å². The van der Waals surface area contributed by atoms with E-state index in [1.165, 1.54) is 22.5 Å². The third-order valence-corrected chi connectivity index (χ3v) is 7.83. The molecule has 1 atom stereocenters. The molecule has 0 saturated carbocycles. The second kappa shape index (κ2) is 9.45. The van der Waals surface area contributed by atoms with E-state index in [4.69, 9.17) is 16.3 Å². The number of amides is 1. The van der Waals surface area contributed by atoms with Gasteiger partial charge in [-0.15, -0.1) is 0 Å². The van der Waals surface area contributed by atoms with Gasteiger partial charge in [0.05, 0.1) is 15.5 Å². The number of rotatable bonds is 6. The number of carbonyl (C=O) groups is 2. The smallest absolute Gasteiger partial charge is 0.340 e. The van der Waals surface area contributed by atoms with E-state index < -0.39 is 16.0 Å². The van der Waals surface area contributed by atoms with Gasteiger partial charge in [0.15, 0.2) is 6.61 Å². The first kappa shape index (κ1) is 22.1. The Kier molecular flexibility index (Phi) is 7.19. The van der Waals surface area contributed by atoms with E-state index in [1.807, 2.05) is 6.92 Å². The fraction of sp³-hybridized carbons (Fsp3) is 0.600. The second-order valence-electron chi connectivity index (χ2n) is 7.47. The summed E-state index contributed by atoms with van der Waals surface area (Å²) in [5, 5.41) is 0.0900. The van der Waals surface area contributed by atoms with E-state index in [0.29, 0.717) is 19.6 Å². The molecular formula is C20H27ClN2O5S. The van der Waals surface area contributed by atoms with Gasteiger partial charge in [-0.05, 0) is 56.7 Å². The Morgan fingerprint density at radius 3 is 2.52 bits per heavy atom. The molecule has 9 heteroatoms. The molecule has 0 aromatic heterocycles. The van der Waals surface area contributed by atoms with Crippen molar-refractivity contribution in [2.75, 3.05) is 26.2 Å². The van der Waals surface area contributed by atoms with Gasteiger partial charge in [0, 0.05) is 25.7 Å². The van der Waals surface area contributed by atoms with Crippen LogP contribution in [-0.4, -0.2) is 61.8 Å². The molecule has 0 N–H and O–H groups in total. The van der Waals surface area contributed by atoms with Gasteiger partial charge in [0.2, 0.25) is 10.0 Å². The quantitative estimate of drug-likeness (QED) is 0.632. The number of ether oxygens (including phenoxy) is 1. The maximum Gasteiger partial charge on any atom is 0.340 e. The van der Waals surface area contributed by atoms with Gasteiger partial charge < -0.3 is 9.64 Å². The van der Waals surface area contributed by atoms with Crippen LogP contribution in [0.2, 0.25) is 5.02 Å². The Labute approximate surface area is 177 Å². The largest absolute Gasteiger partial charge is 0.452 e. The molecule has 2 fully saturated rings. The lowest BCUT2D eigenvalue weighted by atomic mass is 10.00. The minimum atomic E-state index is -3.68. The zero-order valence-electron chi connectivity index (χ0n) is 16.6. The third kappa shape index (κ3) is 4.92. The van der Waals surface area contributed by atoms with Crippen molar-refractivity contribution in [1.29, 1.82) is 0 Å². The van der Waals surface area contributed by atoms with Gasteiger partial charge >= 0.3 is 5.97 Å². The summed E-state index contributed by atoms with van der Waals surface area (Å²) in [6.07, 6.45) is 5.49. The number of esters is 1. The van der Waals surface area contributed by atoms with Gasteiger partial charge in [-0.25, -0.2) is 13.2 Å². The number of sulfonamides is 1. The second-order valence-corrected chi connectivity index (χ2v) is 9.82. The molecule has 0 bridgehead atoms. The van der Waals surface area contributed by atoms with Crippen molar-refractivity contribution < 1.29 is 22.7 Å². The maximum atomic E-state index is 12.7. The van der Waals surface area contributed by atoms with Crippen molar-refractivity contribution in [3.8, 4) is 0 Å². The molecule has 0 radical (unpaired) electrons. The number of piperidine rings is 1. The molecule has 7 nitrogen and oxygen atoms in total. The lowest BCUT2D eigenvalue weighted by Crippen LogP contribution is -2.45. The molecule has 0 aliphatic carbocycles. The zero-order valence-corrected chi connectivity index (χ0v) is 18.2. The fourth-order valence-electron chi connectivity index (χ4n) is 3.94. The lowest BCUT2D eigenvalue weighted by Gasteiger charge is -2.35. The molecule has 1 unspecified atom stereocenters. The average molecular weight is 443 g/mol. The van der Waals surface area contributed by atoms with Crippen LogP contribution in [-0.2, 0) is 19.6 Å². The van der Waals surface area contributed by atoms with Gasteiger partial charge in [-0.2, -0.15) is 4.31 Å². The molecule has 1 aromatic carbocycles. The first-order chi connectivity index (χ1) is 13.8. The van der Waals surface area contributed by atoms with E-state index in [2.05, 4.69) is 0 Å². The van der Waals surface area contributed by atoms with Gasteiger partial charge in [0.25, 0.3) is 5.91 Å². The molecule has 3 rings (SSSR count). The maximum absolute atomic E-state index is 12.7. The van der Waals surface area contributed by atoms with Crippen LogP contribution in [0.4, 0.5) is 0 Å². The molecular weight excluding hydrogens is 416 g/mol. The highest BCUT2D eigenvalue weighted by atomic mass is 35.5. The van der Waals surface area contributed by atoms with Crippen LogP contribution < -0.4 is 0 Å². The Balaban J connectivity index is 1.70. The highest BCUT2D eigenvalue weighted by Gasteiger charge is 2.29. The topological polar surface area (TPSA) is 84.0 Å². The summed E-state index contributed by atoms with van der Waals surface area (Å²) in [7, 11) is -3.68. The van der Waals surface area contributed by atoms with Crippen molar-refractivity contribution >= 4 is 33.5 Å². The zero-order chi connectivity index (χ0) is 21.0. The first-order valence-electron chi connectivity index (χ1n) is 10.1. The van der Waals surface area contributed by atoms with Crippen molar-refractivity contribution in [3.05, 3.63) is 28.8 Å². The van der Waals surface area contributed by atoms with Gasteiger partial charge in [0.1, 0.15) is 0 Å². The van der Waals surface area contributed by atoms with Crippen LogP contribution in [0.15, 0.2) is 23.1 Å². The Hall–Kier alpha value is -1.64. The standard InChI is InChI=1S/C20H27ClN2O5S/c1-2-15-7-3-4-12-23(15)19(24)14-28-20(25)17-13-16(8-9-18(17)21)29(26,27)22-10-5-6-11-22/h8-9,13,15H,2-7,10-12,14H2,1H3. The summed E-state index contributed by atoms with van der Waals surface area (Å²) >= 11 is 6.11. The minimum absolute atomic E-state index is 0.00385. The first-order valence-corrected chi connectivity index (χ1v) is 11.9. The predicted octanol–water partition coefficient (Wildman–Crippen LogP) is 3.07. The SMILES string of the molecule is CCC1CCCCN1C(=O)COC(=O)c1cc(S(=O)(=O)N2CCCC2)ccc1Cl.